The number of hydrogen-bond acceptors (Lipinski definition) is 3. The minimum atomic E-state index is -0.415. The van der Waals surface area contributed by atoms with Gasteiger partial charge in [0.05, 0.1) is 16.8 Å². The van der Waals surface area contributed by atoms with Crippen LogP contribution in [0, 0.1) is 5.92 Å². The number of rotatable bonds is 3. The highest BCUT2D eigenvalue weighted by molar-refractivity contribution is 5.94. The van der Waals surface area contributed by atoms with Crippen LogP contribution >= 0.6 is 0 Å². The average Bonchev–Trinajstić information content (AvgIpc) is 3.40. The Morgan fingerprint density at radius 3 is 1.86 bits per heavy atom. The molecule has 0 saturated heterocycles. The van der Waals surface area contributed by atoms with Gasteiger partial charge in [0.25, 0.3) is 0 Å². The number of para-hydroxylation sites is 1. The minimum absolute atomic E-state index is 0.0695. The van der Waals surface area contributed by atoms with Gasteiger partial charge in [0.2, 0.25) is 0 Å². The Bertz CT molecular complexity index is 2060. The van der Waals surface area contributed by atoms with Crippen LogP contribution in [0.1, 0.15) is 16.7 Å². The van der Waals surface area contributed by atoms with Crippen molar-refractivity contribution in [2.24, 2.45) is 5.92 Å². The van der Waals surface area contributed by atoms with Gasteiger partial charge in [0, 0.05) is 28.2 Å². The Morgan fingerprint density at radius 2 is 1.11 bits per heavy atom. The summed E-state index contributed by atoms with van der Waals surface area (Å²) in [5.74, 6) is 1.76. The zero-order chi connectivity index (χ0) is 29.1. The van der Waals surface area contributed by atoms with E-state index in [1.54, 1.807) is 0 Å². The number of fused-ring (bicyclic) bond motifs is 9. The average molecular weight is 565 g/mol. The molecule has 5 aromatic carbocycles. The first-order valence-electron chi connectivity index (χ1n) is 15.2. The summed E-state index contributed by atoms with van der Waals surface area (Å²) >= 11 is 0. The van der Waals surface area contributed by atoms with Crippen molar-refractivity contribution < 1.29 is 4.74 Å². The lowest BCUT2D eigenvalue weighted by Crippen LogP contribution is -2.47. The van der Waals surface area contributed by atoms with Gasteiger partial charge in [0.15, 0.2) is 5.82 Å². The van der Waals surface area contributed by atoms with Crippen molar-refractivity contribution in [1.82, 2.24) is 9.97 Å². The molecular formula is C41H28N2O. The number of aromatic nitrogens is 2. The van der Waals surface area contributed by atoms with Gasteiger partial charge in [-0.2, -0.15) is 0 Å². The summed E-state index contributed by atoms with van der Waals surface area (Å²) in [6.07, 6.45) is 8.74. The molecule has 0 N–H and O–H groups in total. The molecule has 0 amide bonds. The maximum Gasteiger partial charge on any atom is 0.161 e. The zero-order valence-electron chi connectivity index (χ0n) is 24.0. The summed E-state index contributed by atoms with van der Waals surface area (Å²) in [6.45, 7) is 0. The first kappa shape index (κ1) is 25.0. The normalized spacial score (nSPS) is 20.4. The number of ether oxygens (including phenoxy) is 1. The monoisotopic (exact) mass is 564 g/mol. The predicted octanol–water partition coefficient (Wildman–Crippen LogP) is 9.30. The molecule has 3 unspecified atom stereocenters. The van der Waals surface area contributed by atoms with Gasteiger partial charge in [-0.1, -0.05) is 140 Å². The number of hydrogen-bond donors (Lipinski definition) is 0. The molecule has 6 aromatic rings. The summed E-state index contributed by atoms with van der Waals surface area (Å²) in [4.78, 5) is 10.5. The number of allylic oxidation sites excluding steroid dienone is 2. The molecule has 0 radical (unpaired) electrons. The lowest BCUT2D eigenvalue weighted by Gasteiger charge is -2.47. The second-order valence-corrected chi connectivity index (χ2v) is 11.7. The summed E-state index contributed by atoms with van der Waals surface area (Å²) in [5, 5.41) is 0. The first-order chi connectivity index (χ1) is 21.8. The lowest BCUT2D eigenvalue weighted by molar-refractivity contribution is 0.141. The summed E-state index contributed by atoms with van der Waals surface area (Å²) in [5.41, 5.74) is 10.8. The maximum absolute atomic E-state index is 6.63. The van der Waals surface area contributed by atoms with Crippen LogP contribution in [0.4, 0.5) is 0 Å². The predicted molar refractivity (Wildman–Crippen MR) is 176 cm³/mol. The van der Waals surface area contributed by atoms with E-state index in [4.69, 9.17) is 14.7 Å². The third kappa shape index (κ3) is 3.56. The highest BCUT2D eigenvalue weighted by Crippen LogP contribution is 2.62. The molecule has 9 rings (SSSR count). The Kier molecular flexibility index (Phi) is 5.54. The minimum Gasteiger partial charge on any atom is -0.485 e. The molecule has 3 heteroatoms. The molecule has 44 heavy (non-hydrogen) atoms. The van der Waals surface area contributed by atoms with Gasteiger partial charge in [-0.3, -0.25) is 0 Å². The van der Waals surface area contributed by atoms with E-state index in [0.717, 1.165) is 39.7 Å². The highest BCUT2D eigenvalue weighted by Gasteiger charge is 2.56. The first-order valence-corrected chi connectivity index (χ1v) is 15.2. The van der Waals surface area contributed by atoms with Crippen LogP contribution in [0.2, 0.25) is 0 Å². The van der Waals surface area contributed by atoms with Crippen LogP contribution in [-0.2, 0) is 5.41 Å². The molecule has 1 aromatic heterocycles. The van der Waals surface area contributed by atoms with E-state index in [-0.39, 0.29) is 12.0 Å². The van der Waals surface area contributed by atoms with Crippen LogP contribution < -0.4 is 4.74 Å². The smallest absolute Gasteiger partial charge is 0.161 e. The van der Waals surface area contributed by atoms with Crippen molar-refractivity contribution in [3.8, 4) is 50.8 Å². The van der Waals surface area contributed by atoms with Gasteiger partial charge in [-0.05, 0) is 40.5 Å². The van der Waals surface area contributed by atoms with Gasteiger partial charge in [-0.25, -0.2) is 9.97 Å². The largest absolute Gasteiger partial charge is 0.485 e. The van der Waals surface area contributed by atoms with Crippen molar-refractivity contribution in [1.29, 1.82) is 0 Å². The van der Waals surface area contributed by atoms with E-state index >= 15 is 0 Å². The molecule has 1 aliphatic heterocycles. The molecule has 2 aliphatic carbocycles. The fourth-order valence-electron chi connectivity index (χ4n) is 7.59. The molecular weight excluding hydrogens is 536 g/mol. The SMILES string of the molecule is C1=CC2Oc3ccccc3C3(c4ccccc4-c4c(-c5nc(-c6ccccc6)cc(-c6ccccc6)n5)cccc43)C2C=C1. The van der Waals surface area contributed by atoms with E-state index in [1.807, 2.05) is 12.1 Å². The molecule has 2 heterocycles. The number of benzene rings is 5. The van der Waals surface area contributed by atoms with Gasteiger partial charge >= 0.3 is 0 Å². The molecule has 3 atom stereocenters. The zero-order valence-corrected chi connectivity index (χ0v) is 24.0. The second-order valence-electron chi connectivity index (χ2n) is 11.7. The van der Waals surface area contributed by atoms with Crippen LogP contribution in [0.15, 0.2) is 158 Å². The van der Waals surface area contributed by atoms with Crippen LogP contribution in [0.5, 0.6) is 5.75 Å². The Labute approximate surface area is 256 Å². The van der Waals surface area contributed by atoms with Crippen molar-refractivity contribution in [2.45, 2.75) is 11.5 Å². The van der Waals surface area contributed by atoms with E-state index < -0.39 is 5.41 Å². The molecule has 208 valence electrons. The highest BCUT2D eigenvalue weighted by atomic mass is 16.5. The fraction of sp³-hybridized carbons (Fsp3) is 0.0732. The molecule has 0 saturated carbocycles. The van der Waals surface area contributed by atoms with Crippen molar-refractivity contribution in [3.05, 3.63) is 174 Å². The summed E-state index contributed by atoms with van der Waals surface area (Å²) < 4.78 is 6.63. The van der Waals surface area contributed by atoms with E-state index in [1.165, 1.54) is 27.8 Å². The molecule has 0 bridgehead atoms. The van der Waals surface area contributed by atoms with E-state index in [0.29, 0.717) is 0 Å². The van der Waals surface area contributed by atoms with Gasteiger partial charge < -0.3 is 4.74 Å². The van der Waals surface area contributed by atoms with Crippen LogP contribution in [0.3, 0.4) is 0 Å². The molecule has 3 nitrogen and oxygen atoms in total. The fourth-order valence-corrected chi connectivity index (χ4v) is 7.59. The van der Waals surface area contributed by atoms with Crippen molar-refractivity contribution in [3.63, 3.8) is 0 Å². The van der Waals surface area contributed by atoms with Crippen LogP contribution in [0.25, 0.3) is 45.0 Å². The third-order valence-corrected chi connectivity index (χ3v) is 9.38. The molecule has 1 spiro atoms. The van der Waals surface area contributed by atoms with Crippen molar-refractivity contribution in [2.75, 3.05) is 0 Å². The van der Waals surface area contributed by atoms with Gasteiger partial charge in [-0.15, -0.1) is 0 Å². The Balaban J connectivity index is 1.35. The molecule has 0 fully saturated rings. The standard InChI is InChI=1S/C41H28N2O/c1-3-14-27(15-4-1)35-26-36(28-16-5-2-6-17-28)43-40(42-35)30-19-13-23-34-39(30)29-18-7-8-20-31(29)41(34)32-21-9-11-24-37(32)44-38-25-12-10-22-33(38)41/h1-26,32,37H. The topological polar surface area (TPSA) is 35.0 Å². The molecule has 3 aliphatic rings. The van der Waals surface area contributed by atoms with Gasteiger partial charge in [0.1, 0.15) is 11.9 Å². The quantitative estimate of drug-likeness (QED) is 0.215. The Morgan fingerprint density at radius 1 is 0.523 bits per heavy atom. The van der Waals surface area contributed by atoms with E-state index in [2.05, 4.69) is 146 Å². The second kappa shape index (κ2) is 9.75. The summed E-state index contributed by atoms with van der Waals surface area (Å²) in [7, 11) is 0. The van der Waals surface area contributed by atoms with Crippen molar-refractivity contribution >= 4 is 0 Å². The number of nitrogens with zero attached hydrogens (tertiary/aromatic N) is 2. The third-order valence-electron chi connectivity index (χ3n) is 9.38. The Hall–Kier alpha value is -5.54. The van der Waals surface area contributed by atoms with Crippen LogP contribution in [-0.4, -0.2) is 16.1 Å². The summed E-state index contributed by atoms with van der Waals surface area (Å²) in [6, 6.07) is 47.0. The van der Waals surface area contributed by atoms with E-state index in [9.17, 15) is 0 Å². The lowest BCUT2D eigenvalue weighted by atomic mass is 9.60. The maximum atomic E-state index is 6.63.